The summed E-state index contributed by atoms with van der Waals surface area (Å²) in [6, 6.07) is -0.534. The number of carbonyl (C=O) groups excluding carboxylic acids is 1. The van der Waals surface area contributed by atoms with E-state index in [0.717, 1.165) is 0 Å². The summed E-state index contributed by atoms with van der Waals surface area (Å²) in [6.45, 7) is 4.48. The highest BCUT2D eigenvalue weighted by Gasteiger charge is 2.91. The highest BCUT2D eigenvalue weighted by Crippen LogP contribution is 2.80. The zero-order chi connectivity index (χ0) is 24.4. The van der Waals surface area contributed by atoms with Gasteiger partial charge in [-0.15, -0.1) is 0 Å². The predicted octanol–water partition coefficient (Wildman–Crippen LogP) is -0.466. The molecule has 9 nitrogen and oxygen atoms in total. The number of piperidine rings is 1. The smallest absolute Gasteiger partial charge is 0.302 e. The molecule has 0 aromatic heterocycles. The Bertz CT molecular complexity index is 887. The zero-order valence-corrected chi connectivity index (χ0v) is 20.5. The molecule has 0 amide bonds. The van der Waals surface area contributed by atoms with Crippen molar-refractivity contribution < 1.29 is 39.4 Å². The molecular formula is C25H39NO8. The van der Waals surface area contributed by atoms with E-state index in [4.69, 9.17) is 14.2 Å². The maximum Gasteiger partial charge on any atom is 0.302 e. The monoisotopic (exact) mass is 481 g/mol. The van der Waals surface area contributed by atoms with Crippen LogP contribution in [-0.2, 0) is 19.0 Å². The number of likely N-dealkylation sites (tertiary alicyclic amines) is 1. The number of esters is 1. The van der Waals surface area contributed by atoms with E-state index in [0.29, 0.717) is 38.8 Å². The summed E-state index contributed by atoms with van der Waals surface area (Å²) in [6.07, 6.45) is -0.698. The van der Waals surface area contributed by atoms with Gasteiger partial charge in [-0.05, 0) is 31.7 Å². The molecule has 1 heterocycles. The number of fused-ring (bicyclic) bond motifs is 2. The molecule has 1 aliphatic heterocycles. The lowest BCUT2D eigenvalue weighted by Crippen LogP contribution is -2.82. The molecule has 1 saturated heterocycles. The molecule has 6 rings (SSSR count). The van der Waals surface area contributed by atoms with Crippen LogP contribution >= 0.6 is 0 Å². The van der Waals surface area contributed by atoms with Crippen LogP contribution in [0.4, 0.5) is 0 Å². The molecule has 4 N–H and O–H groups in total. The van der Waals surface area contributed by atoms with Gasteiger partial charge < -0.3 is 34.6 Å². The molecular weight excluding hydrogens is 442 g/mol. The van der Waals surface area contributed by atoms with Gasteiger partial charge in [-0.2, -0.15) is 0 Å². The SMILES string of the molecule is CCN1C[C@]2(CO)CC[C@H](O)[C@@]34[C@@H]5C[C@H]6[C@H](OC(C)=O)[C@@H]5[C@](OC)(C[C@@H]6OC)[C@](O)([C@H](O)[C@H]23)[C@@H]14. The number of aliphatic hydroxyl groups excluding tert-OH is 3. The van der Waals surface area contributed by atoms with Gasteiger partial charge in [-0.1, -0.05) is 6.92 Å². The van der Waals surface area contributed by atoms with Crippen molar-refractivity contribution in [3.63, 3.8) is 0 Å². The van der Waals surface area contributed by atoms with Crippen LogP contribution in [-0.4, -0.2) is 107 Å². The third kappa shape index (κ3) is 2.18. The third-order valence-electron chi connectivity index (χ3n) is 11.5. The molecule has 6 aliphatic rings. The molecule has 9 heteroatoms. The van der Waals surface area contributed by atoms with Crippen molar-refractivity contribution in [2.24, 2.45) is 34.5 Å². The molecule has 0 aromatic carbocycles. The summed E-state index contributed by atoms with van der Waals surface area (Å²) in [5, 5.41) is 47.6. The van der Waals surface area contributed by atoms with Gasteiger partial charge in [0.25, 0.3) is 0 Å². The minimum Gasteiger partial charge on any atom is -0.462 e. The van der Waals surface area contributed by atoms with Crippen molar-refractivity contribution in [2.75, 3.05) is 33.9 Å². The van der Waals surface area contributed by atoms with Gasteiger partial charge in [0, 0.05) is 62.7 Å². The lowest BCUT2D eigenvalue weighted by atomic mass is 9.42. The first-order valence-electron chi connectivity index (χ1n) is 12.8. The Labute approximate surface area is 200 Å². The Balaban J connectivity index is 1.66. The summed E-state index contributed by atoms with van der Waals surface area (Å²) in [5.74, 6) is -1.52. The van der Waals surface area contributed by atoms with Crippen LogP contribution in [0.15, 0.2) is 0 Å². The number of methoxy groups -OCH3 is 2. The van der Waals surface area contributed by atoms with Crippen LogP contribution in [0, 0.1) is 34.5 Å². The van der Waals surface area contributed by atoms with Crippen molar-refractivity contribution >= 4 is 5.97 Å². The standard InChI is InChI=1S/C25H39NO8/c1-5-26-10-22(11-27)7-6-16(29)24-14-8-13-15(32-3)9-23(33-4,17(14)18(13)34-12(2)28)25(31,21(24)26)20(30)19(22)24/h13-21,27,29-31H,5-11H2,1-4H3/t13-,14-,15+,16+,17-,18+,19-,20-,21+,22+,23-,24+,25+/m1/s1. The van der Waals surface area contributed by atoms with Gasteiger partial charge in [0.1, 0.15) is 17.3 Å². The lowest BCUT2D eigenvalue weighted by Gasteiger charge is -2.70. The van der Waals surface area contributed by atoms with E-state index in [2.05, 4.69) is 4.90 Å². The van der Waals surface area contributed by atoms with Crippen molar-refractivity contribution in [1.29, 1.82) is 0 Å². The largest absolute Gasteiger partial charge is 0.462 e. The van der Waals surface area contributed by atoms with Gasteiger partial charge in [0.2, 0.25) is 0 Å². The molecule has 0 unspecified atom stereocenters. The van der Waals surface area contributed by atoms with Crippen molar-refractivity contribution in [1.82, 2.24) is 4.90 Å². The first-order valence-corrected chi connectivity index (χ1v) is 12.8. The van der Waals surface area contributed by atoms with E-state index in [-0.39, 0.29) is 30.5 Å². The third-order valence-corrected chi connectivity index (χ3v) is 11.5. The molecule has 5 aliphatic carbocycles. The minimum atomic E-state index is -1.73. The molecule has 1 spiro atoms. The summed E-state index contributed by atoms with van der Waals surface area (Å²) in [7, 11) is 3.19. The number of hydrogen-bond donors (Lipinski definition) is 4. The molecule has 13 atom stereocenters. The minimum absolute atomic E-state index is 0.0879. The highest BCUT2D eigenvalue weighted by molar-refractivity contribution is 5.66. The van der Waals surface area contributed by atoms with Crippen molar-refractivity contribution in [3.05, 3.63) is 0 Å². The molecule has 5 saturated carbocycles. The first kappa shape index (κ1) is 23.6. The number of likely N-dealkylation sites (N-methyl/N-ethyl adjacent to an activating group) is 1. The van der Waals surface area contributed by atoms with Crippen LogP contribution in [0.3, 0.4) is 0 Å². The average molecular weight is 482 g/mol. The average Bonchev–Trinajstić information content (AvgIpc) is 3.18. The molecule has 6 fully saturated rings. The molecule has 7 bridgehead atoms. The Morgan fingerprint density at radius 3 is 2.56 bits per heavy atom. The second-order valence-electron chi connectivity index (χ2n) is 12.0. The topological polar surface area (TPSA) is 129 Å². The zero-order valence-electron chi connectivity index (χ0n) is 20.5. The maximum atomic E-state index is 12.9. The van der Waals surface area contributed by atoms with E-state index in [9.17, 15) is 25.2 Å². The quantitative estimate of drug-likeness (QED) is 0.385. The Morgan fingerprint density at radius 1 is 1.24 bits per heavy atom. The molecule has 34 heavy (non-hydrogen) atoms. The Hall–Kier alpha value is -0.810. The fourth-order valence-corrected chi connectivity index (χ4v) is 10.8. The van der Waals surface area contributed by atoms with Crippen LogP contribution in [0.5, 0.6) is 0 Å². The second kappa shape index (κ2) is 7.15. The van der Waals surface area contributed by atoms with Crippen LogP contribution in [0.1, 0.15) is 39.5 Å². The van der Waals surface area contributed by atoms with Gasteiger partial charge in [0.15, 0.2) is 0 Å². The van der Waals surface area contributed by atoms with Crippen LogP contribution in [0.2, 0.25) is 0 Å². The lowest BCUT2D eigenvalue weighted by molar-refractivity contribution is -0.323. The number of rotatable bonds is 5. The van der Waals surface area contributed by atoms with E-state index in [1.165, 1.54) is 6.92 Å². The summed E-state index contributed by atoms with van der Waals surface area (Å²) >= 11 is 0. The Morgan fingerprint density at radius 2 is 1.97 bits per heavy atom. The van der Waals surface area contributed by atoms with E-state index in [1.807, 2.05) is 6.92 Å². The first-order chi connectivity index (χ1) is 16.1. The summed E-state index contributed by atoms with van der Waals surface area (Å²) < 4.78 is 18.2. The van der Waals surface area contributed by atoms with E-state index >= 15 is 0 Å². The summed E-state index contributed by atoms with van der Waals surface area (Å²) in [5.41, 5.74) is -4.42. The molecule has 0 radical (unpaired) electrons. The summed E-state index contributed by atoms with van der Waals surface area (Å²) in [4.78, 5) is 14.4. The van der Waals surface area contributed by atoms with Crippen LogP contribution in [0.25, 0.3) is 0 Å². The number of carbonyl (C=O) groups is 1. The van der Waals surface area contributed by atoms with Gasteiger partial charge in [-0.25, -0.2) is 0 Å². The second-order valence-corrected chi connectivity index (χ2v) is 12.0. The van der Waals surface area contributed by atoms with Gasteiger partial charge in [0.05, 0.1) is 31.0 Å². The molecule has 192 valence electrons. The van der Waals surface area contributed by atoms with Crippen molar-refractivity contribution in [3.8, 4) is 0 Å². The number of aliphatic hydroxyl groups is 4. The number of hydrogen-bond acceptors (Lipinski definition) is 9. The fraction of sp³-hybridized carbons (Fsp3) is 0.960. The Kier molecular flexibility index (Phi) is 4.96. The highest BCUT2D eigenvalue weighted by atomic mass is 16.6. The normalized spacial score (nSPS) is 59.2. The van der Waals surface area contributed by atoms with E-state index < -0.39 is 58.3 Å². The van der Waals surface area contributed by atoms with Crippen molar-refractivity contribution in [2.45, 2.75) is 81.2 Å². The van der Waals surface area contributed by atoms with Gasteiger partial charge >= 0.3 is 5.97 Å². The molecule has 0 aromatic rings. The number of ether oxygens (including phenoxy) is 3. The fourth-order valence-electron chi connectivity index (χ4n) is 10.8. The predicted molar refractivity (Wildman–Crippen MR) is 118 cm³/mol. The van der Waals surface area contributed by atoms with Crippen LogP contribution < -0.4 is 0 Å². The van der Waals surface area contributed by atoms with E-state index in [1.54, 1.807) is 14.2 Å². The maximum absolute atomic E-state index is 12.9. The number of nitrogens with zero attached hydrogens (tertiary/aromatic N) is 1. The van der Waals surface area contributed by atoms with Gasteiger partial charge in [-0.3, -0.25) is 9.69 Å².